The molecular formula is C16H24FNO2. The van der Waals surface area contributed by atoms with E-state index in [1.54, 1.807) is 6.07 Å². The quantitative estimate of drug-likeness (QED) is 0.869. The van der Waals surface area contributed by atoms with Crippen LogP contribution in [0.4, 0.5) is 4.39 Å². The fourth-order valence-corrected chi connectivity index (χ4v) is 2.91. The number of hydrogen-bond acceptors (Lipinski definition) is 3. The Morgan fingerprint density at radius 3 is 2.90 bits per heavy atom. The average molecular weight is 281 g/mol. The van der Waals surface area contributed by atoms with Gasteiger partial charge in [-0.05, 0) is 36.9 Å². The molecule has 1 N–H and O–H groups in total. The fourth-order valence-electron chi connectivity index (χ4n) is 2.91. The summed E-state index contributed by atoms with van der Waals surface area (Å²) in [4.78, 5) is 0. The van der Waals surface area contributed by atoms with Crippen LogP contribution in [0.3, 0.4) is 0 Å². The molecule has 0 amide bonds. The molecule has 0 spiro atoms. The molecule has 2 rings (SSSR count). The molecule has 0 saturated carbocycles. The van der Waals surface area contributed by atoms with Crippen LogP contribution in [0.5, 0.6) is 5.75 Å². The molecule has 4 heteroatoms. The van der Waals surface area contributed by atoms with E-state index in [1.165, 1.54) is 7.11 Å². The van der Waals surface area contributed by atoms with E-state index in [9.17, 15) is 4.39 Å². The van der Waals surface area contributed by atoms with Crippen molar-refractivity contribution in [2.75, 3.05) is 20.3 Å². The van der Waals surface area contributed by atoms with Gasteiger partial charge in [0.15, 0.2) is 11.6 Å². The topological polar surface area (TPSA) is 30.5 Å². The van der Waals surface area contributed by atoms with Gasteiger partial charge >= 0.3 is 0 Å². The number of hydrogen-bond donors (Lipinski definition) is 1. The third-order valence-corrected chi connectivity index (χ3v) is 4.01. The molecule has 3 nitrogen and oxygen atoms in total. The molecule has 1 aromatic carbocycles. The zero-order valence-electron chi connectivity index (χ0n) is 12.5. The lowest BCUT2D eigenvalue weighted by Gasteiger charge is -2.27. The molecule has 0 radical (unpaired) electrons. The van der Waals surface area contributed by atoms with Crippen molar-refractivity contribution in [2.45, 2.75) is 38.8 Å². The summed E-state index contributed by atoms with van der Waals surface area (Å²) in [6, 6.07) is 5.44. The second kappa shape index (κ2) is 7.04. The van der Waals surface area contributed by atoms with Gasteiger partial charge in [0.25, 0.3) is 0 Å². The number of nitrogens with one attached hydrogen (secondary N) is 1. The van der Waals surface area contributed by atoms with E-state index in [0.717, 1.165) is 19.6 Å². The average Bonchev–Trinajstić information content (AvgIpc) is 2.86. The Kier molecular flexibility index (Phi) is 5.38. The highest BCUT2D eigenvalue weighted by atomic mass is 19.1. The second-order valence-corrected chi connectivity index (χ2v) is 5.40. The van der Waals surface area contributed by atoms with Crippen LogP contribution in [0.15, 0.2) is 18.2 Å². The molecule has 0 aromatic heterocycles. The maximum Gasteiger partial charge on any atom is 0.168 e. The molecule has 3 unspecified atom stereocenters. The number of ether oxygens (including phenoxy) is 2. The number of benzene rings is 1. The van der Waals surface area contributed by atoms with E-state index in [4.69, 9.17) is 9.47 Å². The van der Waals surface area contributed by atoms with Crippen molar-refractivity contribution < 1.29 is 13.9 Å². The van der Waals surface area contributed by atoms with Crippen molar-refractivity contribution in [2.24, 2.45) is 5.92 Å². The third kappa shape index (κ3) is 3.30. The minimum Gasteiger partial charge on any atom is -0.494 e. The van der Waals surface area contributed by atoms with Crippen LogP contribution in [0.1, 0.15) is 25.8 Å². The molecule has 3 atom stereocenters. The van der Waals surface area contributed by atoms with Gasteiger partial charge in [0.1, 0.15) is 0 Å². The summed E-state index contributed by atoms with van der Waals surface area (Å²) in [5.41, 5.74) is 0.679. The van der Waals surface area contributed by atoms with Gasteiger partial charge in [0.2, 0.25) is 0 Å². The maximum absolute atomic E-state index is 14.3. The monoisotopic (exact) mass is 281 g/mol. The summed E-state index contributed by atoms with van der Waals surface area (Å²) < 4.78 is 25.1. The van der Waals surface area contributed by atoms with E-state index >= 15 is 0 Å². The predicted molar refractivity (Wildman–Crippen MR) is 77.6 cm³/mol. The van der Waals surface area contributed by atoms with E-state index in [0.29, 0.717) is 23.7 Å². The van der Waals surface area contributed by atoms with Crippen LogP contribution in [0.25, 0.3) is 0 Å². The zero-order valence-corrected chi connectivity index (χ0v) is 12.5. The highest BCUT2D eigenvalue weighted by molar-refractivity contribution is 5.31. The second-order valence-electron chi connectivity index (χ2n) is 5.40. The molecule has 1 aromatic rings. The first-order chi connectivity index (χ1) is 9.67. The van der Waals surface area contributed by atoms with Crippen molar-refractivity contribution in [1.82, 2.24) is 5.32 Å². The smallest absolute Gasteiger partial charge is 0.168 e. The van der Waals surface area contributed by atoms with Crippen molar-refractivity contribution in [3.63, 3.8) is 0 Å². The molecule has 20 heavy (non-hydrogen) atoms. The molecule has 0 bridgehead atoms. The number of rotatable bonds is 6. The summed E-state index contributed by atoms with van der Waals surface area (Å²) in [6.07, 6.45) is 1.85. The molecule has 1 heterocycles. The Morgan fingerprint density at radius 2 is 2.30 bits per heavy atom. The molecule has 0 aliphatic carbocycles. The lowest BCUT2D eigenvalue weighted by molar-refractivity contribution is 0.0612. The first-order valence-corrected chi connectivity index (χ1v) is 7.33. The summed E-state index contributed by atoms with van der Waals surface area (Å²) in [6.45, 7) is 5.91. The van der Waals surface area contributed by atoms with Crippen LogP contribution >= 0.6 is 0 Å². The summed E-state index contributed by atoms with van der Waals surface area (Å²) >= 11 is 0. The predicted octanol–water partition coefficient (Wildman–Crippen LogP) is 2.78. The molecule has 1 aliphatic rings. The molecule has 1 aliphatic heterocycles. The molecule has 1 saturated heterocycles. The van der Waals surface area contributed by atoms with E-state index < -0.39 is 0 Å². The van der Waals surface area contributed by atoms with Gasteiger partial charge < -0.3 is 14.8 Å². The fraction of sp³-hybridized carbons (Fsp3) is 0.625. The lowest BCUT2D eigenvalue weighted by Crippen LogP contribution is -2.43. The van der Waals surface area contributed by atoms with Gasteiger partial charge in [0, 0.05) is 12.6 Å². The van der Waals surface area contributed by atoms with Gasteiger partial charge in [-0.25, -0.2) is 4.39 Å². The van der Waals surface area contributed by atoms with Gasteiger partial charge in [-0.1, -0.05) is 26.0 Å². The van der Waals surface area contributed by atoms with Crippen molar-refractivity contribution in [3.8, 4) is 5.75 Å². The van der Waals surface area contributed by atoms with Crippen molar-refractivity contribution in [3.05, 3.63) is 29.6 Å². The zero-order chi connectivity index (χ0) is 14.5. The summed E-state index contributed by atoms with van der Waals surface area (Å²) in [5, 5.41) is 3.44. The Hall–Kier alpha value is -1.13. The molecular weight excluding hydrogens is 257 g/mol. The Bertz CT molecular complexity index is 438. The van der Waals surface area contributed by atoms with Gasteiger partial charge in [-0.2, -0.15) is 0 Å². The van der Waals surface area contributed by atoms with Crippen LogP contribution in [-0.4, -0.2) is 32.4 Å². The third-order valence-electron chi connectivity index (χ3n) is 4.01. The lowest BCUT2D eigenvalue weighted by atomic mass is 9.92. The Morgan fingerprint density at radius 1 is 1.50 bits per heavy atom. The van der Waals surface area contributed by atoms with Gasteiger partial charge in [-0.15, -0.1) is 0 Å². The van der Waals surface area contributed by atoms with Crippen LogP contribution in [0, 0.1) is 11.7 Å². The minimum absolute atomic E-state index is 0.138. The highest BCUT2D eigenvalue weighted by Gasteiger charge is 2.32. The molecule has 112 valence electrons. The first-order valence-electron chi connectivity index (χ1n) is 7.33. The number of methoxy groups -OCH3 is 1. The van der Waals surface area contributed by atoms with Gasteiger partial charge in [0.05, 0.1) is 13.2 Å². The Balaban J connectivity index is 2.15. The number of likely N-dealkylation sites (N-methyl/N-ethyl adjacent to an activating group) is 1. The van der Waals surface area contributed by atoms with Crippen LogP contribution < -0.4 is 10.1 Å². The summed E-state index contributed by atoms with van der Waals surface area (Å²) in [5.74, 6) is 0.550. The van der Waals surface area contributed by atoms with Crippen LogP contribution in [0.2, 0.25) is 0 Å². The summed E-state index contributed by atoms with van der Waals surface area (Å²) in [7, 11) is 1.49. The van der Waals surface area contributed by atoms with E-state index in [1.807, 2.05) is 12.1 Å². The Labute approximate surface area is 120 Å². The normalized spacial score (nSPS) is 23.8. The maximum atomic E-state index is 14.3. The first kappa shape index (κ1) is 15.3. The number of halogens is 1. The largest absolute Gasteiger partial charge is 0.494 e. The van der Waals surface area contributed by atoms with Gasteiger partial charge in [-0.3, -0.25) is 0 Å². The molecule has 1 fully saturated rings. The standard InChI is InChI=1S/C16H24FNO2/c1-4-18-13(16-11(2)8-9-20-16)10-12-6-5-7-14(19-3)15(12)17/h5-7,11,13,16,18H,4,8-10H2,1-3H3. The van der Waals surface area contributed by atoms with Crippen molar-refractivity contribution >= 4 is 0 Å². The minimum atomic E-state index is -0.261. The van der Waals surface area contributed by atoms with E-state index in [-0.39, 0.29) is 18.0 Å². The van der Waals surface area contributed by atoms with E-state index in [2.05, 4.69) is 19.2 Å². The van der Waals surface area contributed by atoms with Crippen LogP contribution in [-0.2, 0) is 11.2 Å². The SMILES string of the molecule is CCNC(Cc1cccc(OC)c1F)C1OCCC1C. The highest BCUT2D eigenvalue weighted by Crippen LogP contribution is 2.27. The van der Waals surface area contributed by atoms with Crippen molar-refractivity contribution in [1.29, 1.82) is 0 Å².